The van der Waals surface area contributed by atoms with E-state index in [0.717, 1.165) is 16.8 Å². The van der Waals surface area contributed by atoms with Crippen LogP contribution in [0.25, 0.3) is 0 Å². The molecule has 2 N–H and O–H groups in total. The molecule has 0 saturated heterocycles. The van der Waals surface area contributed by atoms with Crippen molar-refractivity contribution in [3.63, 3.8) is 0 Å². The highest BCUT2D eigenvalue weighted by molar-refractivity contribution is 6.31. The Labute approximate surface area is 151 Å². The van der Waals surface area contributed by atoms with Crippen molar-refractivity contribution in [3.8, 4) is 0 Å². The number of urea groups is 1. The van der Waals surface area contributed by atoms with Gasteiger partial charge in [0.2, 0.25) is 0 Å². The van der Waals surface area contributed by atoms with Gasteiger partial charge in [-0.2, -0.15) is 0 Å². The van der Waals surface area contributed by atoms with Crippen LogP contribution < -0.4 is 10.6 Å². The molecule has 1 unspecified atom stereocenters. The number of benzene rings is 2. The molecule has 5 heteroatoms. The zero-order chi connectivity index (χ0) is 17.6. The molecule has 2 aromatic carbocycles. The summed E-state index contributed by atoms with van der Waals surface area (Å²) in [4.78, 5) is 16.9. The predicted molar refractivity (Wildman–Crippen MR) is 101 cm³/mol. The van der Waals surface area contributed by atoms with E-state index in [1.165, 1.54) is 0 Å². The van der Waals surface area contributed by atoms with Gasteiger partial charge in [-0.3, -0.25) is 4.98 Å². The molecular weight excluding hydrogens is 334 g/mol. The molecule has 0 aliphatic carbocycles. The summed E-state index contributed by atoms with van der Waals surface area (Å²) < 4.78 is 0. The van der Waals surface area contributed by atoms with Crippen LogP contribution >= 0.6 is 11.6 Å². The number of amides is 2. The van der Waals surface area contributed by atoms with Gasteiger partial charge in [-0.05, 0) is 42.3 Å². The number of carbonyl (C=O) groups excluding carboxylic acids is 1. The standard InChI is InChI=1S/C20H18ClN3O/c1-14-10-11-16(13-17(14)21)23-20(25)24-19(15-7-3-2-4-8-15)18-9-5-6-12-22-18/h2-13,19H,1H3,(H2,23,24,25). The lowest BCUT2D eigenvalue weighted by molar-refractivity contribution is 0.250. The molecule has 0 radical (unpaired) electrons. The van der Waals surface area contributed by atoms with Crippen LogP contribution in [0.4, 0.5) is 10.5 Å². The van der Waals surface area contributed by atoms with Gasteiger partial charge < -0.3 is 10.6 Å². The van der Waals surface area contributed by atoms with Crippen molar-refractivity contribution < 1.29 is 4.79 Å². The Morgan fingerprint density at radius 3 is 2.48 bits per heavy atom. The Hall–Kier alpha value is -2.85. The molecule has 3 rings (SSSR count). The molecule has 0 spiro atoms. The van der Waals surface area contributed by atoms with Crippen molar-refractivity contribution in [1.82, 2.24) is 10.3 Å². The largest absolute Gasteiger partial charge is 0.325 e. The monoisotopic (exact) mass is 351 g/mol. The van der Waals surface area contributed by atoms with Crippen LogP contribution in [0.2, 0.25) is 5.02 Å². The molecule has 25 heavy (non-hydrogen) atoms. The summed E-state index contributed by atoms with van der Waals surface area (Å²) in [5.74, 6) is 0. The Bertz CT molecular complexity index is 814. The number of hydrogen-bond acceptors (Lipinski definition) is 2. The van der Waals surface area contributed by atoms with Gasteiger partial charge in [0.25, 0.3) is 0 Å². The number of hydrogen-bond donors (Lipinski definition) is 2. The van der Waals surface area contributed by atoms with E-state index in [0.29, 0.717) is 10.7 Å². The lowest BCUT2D eigenvalue weighted by Crippen LogP contribution is -2.33. The first kappa shape index (κ1) is 17.0. The van der Waals surface area contributed by atoms with Crippen molar-refractivity contribution in [2.75, 3.05) is 5.32 Å². The van der Waals surface area contributed by atoms with Gasteiger partial charge in [-0.15, -0.1) is 0 Å². The van der Waals surface area contributed by atoms with Crippen LogP contribution in [-0.4, -0.2) is 11.0 Å². The highest BCUT2D eigenvalue weighted by Gasteiger charge is 2.17. The highest BCUT2D eigenvalue weighted by atomic mass is 35.5. The molecule has 4 nitrogen and oxygen atoms in total. The Kier molecular flexibility index (Phi) is 5.31. The lowest BCUT2D eigenvalue weighted by Gasteiger charge is -2.19. The Morgan fingerprint density at radius 2 is 1.80 bits per heavy atom. The summed E-state index contributed by atoms with van der Waals surface area (Å²) in [5, 5.41) is 6.41. The molecule has 0 fully saturated rings. The zero-order valence-corrected chi connectivity index (χ0v) is 14.5. The molecule has 0 aliphatic rings. The second-order valence-corrected chi connectivity index (χ2v) is 6.07. The number of carbonyl (C=O) groups is 1. The van der Waals surface area contributed by atoms with E-state index in [-0.39, 0.29) is 12.1 Å². The van der Waals surface area contributed by atoms with E-state index in [1.54, 1.807) is 12.3 Å². The summed E-state index contributed by atoms with van der Waals surface area (Å²) in [6, 6.07) is 20.1. The van der Waals surface area contributed by atoms with E-state index in [1.807, 2.05) is 67.6 Å². The molecule has 1 aromatic heterocycles. The van der Waals surface area contributed by atoms with Crippen molar-refractivity contribution in [2.24, 2.45) is 0 Å². The first-order valence-electron chi connectivity index (χ1n) is 7.93. The van der Waals surface area contributed by atoms with Crippen LogP contribution in [0.15, 0.2) is 72.9 Å². The van der Waals surface area contributed by atoms with Crippen LogP contribution in [0.5, 0.6) is 0 Å². The number of aromatic nitrogens is 1. The topological polar surface area (TPSA) is 54.0 Å². The number of rotatable bonds is 4. The Balaban J connectivity index is 1.80. The van der Waals surface area contributed by atoms with Gasteiger partial charge >= 0.3 is 6.03 Å². The third-order valence-electron chi connectivity index (χ3n) is 3.82. The summed E-state index contributed by atoms with van der Waals surface area (Å²) in [5.41, 5.74) is 3.33. The minimum Gasteiger partial charge on any atom is -0.325 e. The smallest absolute Gasteiger partial charge is 0.320 e. The molecule has 1 heterocycles. The normalized spacial score (nSPS) is 11.6. The first-order chi connectivity index (χ1) is 12.1. The summed E-state index contributed by atoms with van der Waals surface area (Å²) in [6.45, 7) is 1.92. The van der Waals surface area contributed by atoms with E-state index in [9.17, 15) is 4.79 Å². The van der Waals surface area contributed by atoms with Crippen LogP contribution in [0, 0.1) is 6.92 Å². The molecular formula is C20H18ClN3O. The van der Waals surface area contributed by atoms with E-state index >= 15 is 0 Å². The van der Waals surface area contributed by atoms with E-state index in [2.05, 4.69) is 15.6 Å². The Morgan fingerprint density at radius 1 is 1.04 bits per heavy atom. The number of nitrogens with zero attached hydrogens (tertiary/aromatic N) is 1. The second kappa shape index (κ2) is 7.81. The molecule has 0 bridgehead atoms. The van der Waals surface area contributed by atoms with Gasteiger partial charge in [0.05, 0.1) is 11.7 Å². The molecule has 3 aromatic rings. The molecule has 0 saturated carbocycles. The maximum atomic E-state index is 12.5. The second-order valence-electron chi connectivity index (χ2n) is 5.66. The average molecular weight is 352 g/mol. The highest BCUT2D eigenvalue weighted by Crippen LogP contribution is 2.22. The average Bonchev–Trinajstić information content (AvgIpc) is 2.64. The fraction of sp³-hybridized carbons (Fsp3) is 0.100. The lowest BCUT2D eigenvalue weighted by atomic mass is 10.0. The van der Waals surface area contributed by atoms with Crippen LogP contribution in [0.1, 0.15) is 22.9 Å². The van der Waals surface area contributed by atoms with E-state index in [4.69, 9.17) is 11.6 Å². The van der Waals surface area contributed by atoms with Crippen molar-refractivity contribution >= 4 is 23.3 Å². The summed E-state index contributed by atoms with van der Waals surface area (Å²) in [6.07, 6.45) is 1.71. The van der Waals surface area contributed by atoms with Gasteiger partial charge in [0.15, 0.2) is 0 Å². The van der Waals surface area contributed by atoms with Gasteiger partial charge in [0.1, 0.15) is 0 Å². The van der Waals surface area contributed by atoms with Gasteiger partial charge in [0, 0.05) is 16.9 Å². The molecule has 0 aliphatic heterocycles. The summed E-state index contributed by atoms with van der Waals surface area (Å²) in [7, 11) is 0. The summed E-state index contributed by atoms with van der Waals surface area (Å²) >= 11 is 6.11. The SMILES string of the molecule is Cc1ccc(NC(=O)NC(c2ccccc2)c2ccccn2)cc1Cl. The van der Waals surface area contributed by atoms with Crippen molar-refractivity contribution in [1.29, 1.82) is 0 Å². The van der Waals surface area contributed by atoms with E-state index < -0.39 is 0 Å². The number of aryl methyl sites for hydroxylation is 1. The minimum absolute atomic E-state index is 0.320. The fourth-order valence-electron chi connectivity index (χ4n) is 2.49. The van der Waals surface area contributed by atoms with Crippen molar-refractivity contribution in [2.45, 2.75) is 13.0 Å². The predicted octanol–water partition coefficient (Wildman–Crippen LogP) is 4.95. The third kappa shape index (κ3) is 4.37. The number of halogens is 1. The first-order valence-corrected chi connectivity index (χ1v) is 8.31. The number of pyridine rings is 1. The van der Waals surface area contributed by atoms with Crippen LogP contribution in [0.3, 0.4) is 0 Å². The quantitative estimate of drug-likeness (QED) is 0.698. The fourth-order valence-corrected chi connectivity index (χ4v) is 2.67. The minimum atomic E-state index is -0.344. The molecule has 1 atom stereocenters. The zero-order valence-electron chi connectivity index (χ0n) is 13.7. The maximum absolute atomic E-state index is 12.5. The van der Waals surface area contributed by atoms with Gasteiger partial charge in [-0.25, -0.2) is 4.79 Å². The number of anilines is 1. The molecule has 126 valence electrons. The molecule has 2 amide bonds. The van der Waals surface area contributed by atoms with Crippen LogP contribution in [-0.2, 0) is 0 Å². The number of nitrogens with one attached hydrogen (secondary N) is 2. The third-order valence-corrected chi connectivity index (χ3v) is 4.23. The maximum Gasteiger partial charge on any atom is 0.320 e. The van der Waals surface area contributed by atoms with Crippen molar-refractivity contribution in [3.05, 3.63) is 94.8 Å². The van der Waals surface area contributed by atoms with Gasteiger partial charge in [-0.1, -0.05) is 54.1 Å².